The van der Waals surface area contributed by atoms with Crippen molar-refractivity contribution in [2.24, 2.45) is 5.92 Å². The molecule has 1 rings (SSSR count). The fraction of sp³-hybridized carbons (Fsp3) is 0.455. The molecular weight excluding hydrogens is 208 g/mol. The van der Waals surface area contributed by atoms with Crippen LogP contribution in [0.1, 0.15) is 24.3 Å². The maximum Gasteiger partial charge on any atom is 0.273 e. The Hall–Kier alpha value is -1.62. The Morgan fingerprint density at radius 3 is 2.81 bits per heavy atom. The van der Waals surface area contributed by atoms with Gasteiger partial charge in [-0.2, -0.15) is 0 Å². The molecule has 1 unspecified atom stereocenters. The Morgan fingerprint density at radius 1 is 1.56 bits per heavy atom. The van der Waals surface area contributed by atoms with Crippen molar-refractivity contribution >= 4 is 5.91 Å². The molecule has 1 atom stereocenters. The van der Waals surface area contributed by atoms with E-state index in [0.717, 1.165) is 0 Å². The molecule has 0 fully saturated rings. The van der Waals surface area contributed by atoms with Crippen LogP contribution < -0.4 is 5.32 Å². The standard InChI is InChI=1S/C11H16N2O3/c1-7(2)9(15)6-13-11(16)10-8(14)4-3-5-12-10/h3-5,7,9,14-15H,6H2,1-2H3,(H,13,16). The SMILES string of the molecule is CC(C)C(O)CNC(=O)c1ncccc1O. The zero-order chi connectivity index (χ0) is 12.1. The molecule has 0 radical (unpaired) electrons. The van der Waals surface area contributed by atoms with Crippen LogP contribution in [0.15, 0.2) is 18.3 Å². The molecule has 5 nitrogen and oxygen atoms in total. The summed E-state index contributed by atoms with van der Waals surface area (Å²) >= 11 is 0. The Labute approximate surface area is 94.1 Å². The topological polar surface area (TPSA) is 82.5 Å². The molecular formula is C11H16N2O3. The fourth-order valence-corrected chi connectivity index (χ4v) is 1.09. The van der Waals surface area contributed by atoms with Crippen molar-refractivity contribution in [3.63, 3.8) is 0 Å². The lowest BCUT2D eigenvalue weighted by atomic mass is 10.1. The second-order valence-corrected chi connectivity index (χ2v) is 3.89. The van der Waals surface area contributed by atoms with E-state index in [-0.39, 0.29) is 23.9 Å². The summed E-state index contributed by atoms with van der Waals surface area (Å²) < 4.78 is 0. The van der Waals surface area contributed by atoms with Crippen LogP contribution in [0.3, 0.4) is 0 Å². The molecule has 1 heterocycles. The van der Waals surface area contributed by atoms with Gasteiger partial charge in [0, 0.05) is 12.7 Å². The van der Waals surface area contributed by atoms with E-state index in [9.17, 15) is 15.0 Å². The maximum atomic E-state index is 11.5. The van der Waals surface area contributed by atoms with Gasteiger partial charge in [0.2, 0.25) is 0 Å². The van der Waals surface area contributed by atoms with E-state index in [1.54, 1.807) is 0 Å². The molecule has 0 aliphatic rings. The molecule has 0 aromatic carbocycles. The number of amides is 1. The van der Waals surface area contributed by atoms with Crippen LogP contribution in [0.4, 0.5) is 0 Å². The van der Waals surface area contributed by atoms with Gasteiger partial charge < -0.3 is 15.5 Å². The smallest absolute Gasteiger partial charge is 0.273 e. The first-order valence-corrected chi connectivity index (χ1v) is 5.12. The van der Waals surface area contributed by atoms with Crippen molar-refractivity contribution < 1.29 is 15.0 Å². The van der Waals surface area contributed by atoms with Crippen LogP contribution in [0.5, 0.6) is 5.75 Å². The lowest BCUT2D eigenvalue weighted by molar-refractivity contribution is 0.0864. The van der Waals surface area contributed by atoms with Gasteiger partial charge in [-0.15, -0.1) is 0 Å². The third-order valence-electron chi connectivity index (χ3n) is 2.24. The van der Waals surface area contributed by atoms with E-state index < -0.39 is 12.0 Å². The summed E-state index contributed by atoms with van der Waals surface area (Å²) in [5, 5.41) is 21.4. The van der Waals surface area contributed by atoms with Gasteiger partial charge in [0.1, 0.15) is 5.75 Å². The van der Waals surface area contributed by atoms with Crippen LogP contribution >= 0.6 is 0 Å². The highest BCUT2D eigenvalue weighted by Gasteiger charge is 2.14. The second-order valence-electron chi connectivity index (χ2n) is 3.89. The molecule has 3 N–H and O–H groups in total. The molecule has 0 aliphatic carbocycles. The first-order valence-electron chi connectivity index (χ1n) is 5.12. The minimum absolute atomic E-state index is 0.0292. The highest BCUT2D eigenvalue weighted by Crippen LogP contribution is 2.12. The molecule has 1 aromatic rings. The Morgan fingerprint density at radius 2 is 2.25 bits per heavy atom. The average Bonchev–Trinajstić information content (AvgIpc) is 2.25. The second kappa shape index (κ2) is 5.46. The average molecular weight is 224 g/mol. The van der Waals surface area contributed by atoms with E-state index in [4.69, 9.17) is 0 Å². The number of pyridine rings is 1. The number of aromatic nitrogens is 1. The highest BCUT2D eigenvalue weighted by molar-refractivity contribution is 5.94. The summed E-state index contributed by atoms with van der Waals surface area (Å²) in [6.45, 7) is 3.86. The number of aliphatic hydroxyl groups is 1. The quantitative estimate of drug-likeness (QED) is 0.697. The van der Waals surface area contributed by atoms with E-state index in [2.05, 4.69) is 10.3 Å². The summed E-state index contributed by atoms with van der Waals surface area (Å²) in [6, 6.07) is 2.93. The van der Waals surface area contributed by atoms with Gasteiger partial charge in [-0.25, -0.2) is 4.98 Å². The predicted octanol–water partition coefficient (Wildman–Crippen LogP) is 0.534. The lowest BCUT2D eigenvalue weighted by Crippen LogP contribution is -2.35. The molecule has 88 valence electrons. The summed E-state index contributed by atoms with van der Waals surface area (Å²) in [6.07, 6.45) is 0.822. The van der Waals surface area contributed by atoms with E-state index in [1.807, 2.05) is 13.8 Å². The van der Waals surface area contributed by atoms with Gasteiger partial charge in [0.15, 0.2) is 5.69 Å². The number of carbonyl (C=O) groups is 1. The van der Waals surface area contributed by atoms with E-state index in [0.29, 0.717) is 0 Å². The van der Waals surface area contributed by atoms with Crippen molar-refractivity contribution in [3.8, 4) is 5.75 Å². The molecule has 0 saturated heterocycles. The summed E-state index contributed by atoms with van der Waals surface area (Å²) in [7, 11) is 0. The van der Waals surface area contributed by atoms with Crippen molar-refractivity contribution in [2.45, 2.75) is 20.0 Å². The molecule has 1 amide bonds. The largest absolute Gasteiger partial charge is 0.505 e. The summed E-state index contributed by atoms with van der Waals surface area (Å²) in [5.41, 5.74) is -0.0292. The van der Waals surface area contributed by atoms with Crippen LogP contribution in [-0.2, 0) is 0 Å². The van der Waals surface area contributed by atoms with Crippen molar-refractivity contribution in [2.75, 3.05) is 6.54 Å². The molecule has 0 bridgehead atoms. The minimum atomic E-state index is -0.602. The van der Waals surface area contributed by atoms with Gasteiger partial charge in [0.25, 0.3) is 5.91 Å². The van der Waals surface area contributed by atoms with Gasteiger partial charge >= 0.3 is 0 Å². The van der Waals surface area contributed by atoms with Gasteiger partial charge in [0.05, 0.1) is 6.10 Å². The zero-order valence-electron chi connectivity index (χ0n) is 9.34. The molecule has 0 saturated carbocycles. The number of rotatable bonds is 4. The summed E-state index contributed by atoms with van der Waals surface area (Å²) in [5.74, 6) is -0.588. The molecule has 0 spiro atoms. The Kier molecular flexibility index (Phi) is 4.25. The predicted molar refractivity (Wildman–Crippen MR) is 59.1 cm³/mol. The number of aromatic hydroxyl groups is 1. The monoisotopic (exact) mass is 224 g/mol. The van der Waals surface area contributed by atoms with Gasteiger partial charge in [-0.1, -0.05) is 13.8 Å². The van der Waals surface area contributed by atoms with Crippen molar-refractivity contribution in [1.82, 2.24) is 10.3 Å². The fourth-order valence-electron chi connectivity index (χ4n) is 1.09. The first kappa shape index (κ1) is 12.4. The van der Waals surface area contributed by atoms with Crippen LogP contribution in [-0.4, -0.2) is 33.8 Å². The zero-order valence-corrected chi connectivity index (χ0v) is 9.34. The summed E-state index contributed by atoms with van der Waals surface area (Å²) in [4.78, 5) is 15.3. The number of nitrogens with one attached hydrogen (secondary N) is 1. The van der Waals surface area contributed by atoms with Gasteiger partial charge in [-0.3, -0.25) is 4.79 Å². The maximum absolute atomic E-state index is 11.5. The normalized spacial score (nSPS) is 12.5. The van der Waals surface area contributed by atoms with Crippen molar-refractivity contribution in [3.05, 3.63) is 24.0 Å². The number of nitrogens with zero attached hydrogens (tertiary/aromatic N) is 1. The highest BCUT2D eigenvalue weighted by atomic mass is 16.3. The third-order valence-corrected chi connectivity index (χ3v) is 2.24. The minimum Gasteiger partial charge on any atom is -0.505 e. The van der Waals surface area contributed by atoms with Crippen LogP contribution in [0, 0.1) is 5.92 Å². The van der Waals surface area contributed by atoms with E-state index in [1.165, 1.54) is 18.3 Å². The first-order chi connectivity index (χ1) is 7.52. The van der Waals surface area contributed by atoms with Crippen molar-refractivity contribution in [1.29, 1.82) is 0 Å². The number of hydrogen-bond donors (Lipinski definition) is 3. The molecule has 1 aromatic heterocycles. The number of aliphatic hydroxyl groups excluding tert-OH is 1. The molecule has 16 heavy (non-hydrogen) atoms. The van der Waals surface area contributed by atoms with Gasteiger partial charge in [-0.05, 0) is 18.1 Å². The molecule has 0 aliphatic heterocycles. The van der Waals surface area contributed by atoms with Crippen LogP contribution in [0.2, 0.25) is 0 Å². The lowest BCUT2D eigenvalue weighted by Gasteiger charge is -2.14. The molecule has 5 heteroatoms. The number of carbonyl (C=O) groups excluding carboxylic acids is 1. The number of hydrogen-bond acceptors (Lipinski definition) is 4. The Balaban J connectivity index is 2.57. The third kappa shape index (κ3) is 3.20. The van der Waals surface area contributed by atoms with Crippen LogP contribution in [0.25, 0.3) is 0 Å². The van der Waals surface area contributed by atoms with E-state index >= 15 is 0 Å². The Bertz CT molecular complexity index is 366.